The first-order chi connectivity index (χ1) is 20.9. The Morgan fingerprint density at radius 1 is 0.614 bits per heavy atom. The van der Waals surface area contributed by atoms with Crippen molar-refractivity contribution in [2.75, 3.05) is 13.1 Å². The van der Waals surface area contributed by atoms with Gasteiger partial charge in [0.2, 0.25) is 11.8 Å². The molecular weight excluding hydrogens is 659 g/mol. The number of carbonyl (C=O) groups excluding carboxylic acids is 6. The summed E-state index contributed by atoms with van der Waals surface area (Å²) in [5.41, 5.74) is 9.01. The molecule has 44 heavy (non-hydrogen) atoms. The Morgan fingerprint density at radius 2 is 0.955 bits per heavy atom. The zero-order chi connectivity index (χ0) is 32.0. The molecule has 0 atom stereocenters. The third kappa shape index (κ3) is 8.01. The van der Waals surface area contributed by atoms with Gasteiger partial charge in [0, 0.05) is 37.1 Å². The van der Waals surface area contributed by atoms with Crippen LogP contribution in [0.4, 0.5) is 8.78 Å². The monoisotopic (exact) mass is 678 g/mol. The highest BCUT2D eigenvalue weighted by atomic mass is 32.2. The molecule has 0 saturated carbocycles. The molecule has 2 heterocycles. The number of hydrogen-bond acceptors (Lipinski definition) is 10. The molecule has 2 fully saturated rings. The van der Waals surface area contributed by atoms with E-state index >= 15 is 0 Å². The molecule has 2 aliphatic rings. The SMILES string of the molecule is O=C(CCN1C(=O)C(=C2SC(=S)N(CCC(=O)NNC(=O)c3ccc(F)cc3)C2=O)SC1=S)NNC(=O)c1ccc(F)cc1. The molecular formula is C26H20F2N6O6S4. The predicted molar refractivity (Wildman–Crippen MR) is 164 cm³/mol. The first-order valence-electron chi connectivity index (χ1n) is 12.5. The summed E-state index contributed by atoms with van der Waals surface area (Å²) < 4.78 is 26.2. The molecule has 2 saturated heterocycles. The van der Waals surface area contributed by atoms with E-state index in [2.05, 4.69) is 21.7 Å². The van der Waals surface area contributed by atoms with Crippen LogP contribution < -0.4 is 21.7 Å². The lowest BCUT2D eigenvalue weighted by Crippen LogP contribution is -2.43. The van der Waals surface area contributed by atoms with Crippen molar-refractivity contribution in [1.29, 1.82) is 0 Å². The van der Waals surface area contributed by atoms with E-state index < -0.39 is 47.1 Å². The highest BCUT2D eigenvalue weighted by molar-refractivity contribution is 8.29. The number of nitrogens with one attached hydrogen (secondary N) is 4. The van der Waals surface area contributed by atoms with Crippen LogP contribution in [0, 0.1) is 11.6 Å². The average molecular weight is 679 g/mol. The number of hydrazine groups is 2. The van der Waals surface area contributed by atoms with E-state index in [0.29, 0.717) is 0 Å². The van der Waals surface area contributed by atoms with Crippen LogP contribution in [0.2, 0.25) is 0 Å². The maximum atomic E-state index is 13.1. The van der Waals surface area contributed by atoms with Crippen molar-refractivity contribution >= 4 is 92.0 Å². The van der Waals surface area contributed by atoms with Crippen molar-refractivity contribution in [3.63, 3.8) is 0 Å². The molecule has 0 bridgehead atoms. The Balaban J connectivity index is 1.26. The van der Waals surface area contributed by atoms with E-state index in [1.165, 1.54) is 24.3 Å². The van der Waals surface area contributed by atoms with Gasteiger partial charge in [-0.15, -0.1) is 0 Å². The van der Waals surface area contributed by atoms with Gasteiger partial charge in [0.25, 0.3) is 23.6 Å². The standard InChI is InChI=1S/C26H20F2N6O6S4/c27-15-5-1-13(2-6-15)21(37)31-29-17(35)9-11-33-23(39)19(43-25(33)41)20-24(40)34(26(42)44-20)12-10-18(36)30-32-22(38)14-3-7-16(28)8-4-14/h1-8H,9-12H2,(H,29,35)(H,30,36)(H,31,37)(H,32,38). The third-order valence-corrected chi connectivity index (χ3v) is 8.90. The lowest BCUT2D eigenvalue weighted by Gasteiger charge is -2.15. The third-order valence-electron chi connectivity index (χ3n) is 5.87. The van der Waals surface area contributed by atoms with Crippen LogP contribution in [0.25, 0.3) is 0 Å². The molecule has 0 aliphatic carbocycles. The Hall–Kier alpha value is -4.26. The summed E-state index contributed by atoms with van der Waals surface area (Å²) in [6.45, 7) is -0.285. The van der Waals surface area contributed by atoms with Crippen LogP contribution in [0.1, 0.15) is 33.6 Å². The number of thiocarbonyl (C=S) groups is 2. The van der Waals surface area contributed by atoms with Crippen molar-refractivity contribution in [2.24, 2.45) is 0 Å². The van der Waals surface area contributed by atoms with Gasteiger partial charge in [-0.05, 0) is 48.5 Å². The highest BCUT2D eigenvalue weighted by Crippen LogP contribution is 2.42. The average Bonchev–Trinajstić information content (AvgIpc) is 3.44. The fourth-order valence-electron chi connectivity index (χ4n) is 3.61. The Bertz CT molecular complexity index is 1490. The Labute approximate surface area is 267 Å². The van der Waals surface area contributed by atoms with Crippen LogP contribution in [-0.2, 0) is 19.2 Å². The second kappa shape index (κ2) is 14.5. The summed E-state index contributed by atoms with van der Waals surface area (Å²) in [6, 6.07) is 9.34. The smallest absolute Gasteiger partial charge is 0.269 e. The molecule has 228 valence electrons. The second-order valence-corrected chi connectivity index (χ2v) is 12.1. The predicted octanol–water partition coefficient (Wildman–Crippen LogP) is 1.90. The first kappa shape index (κ1) is 32.6. The van der Waals surface area contributed by atoms with Gasteiger partial charge in [-0.25, -0.2) is 8.78 Å². The fourth-order valence-corrected chi connectivity index (χ4v) is 6.38. The number of halogens is 2. The molecule has 0 radical (unpaired) electrons. The van der Waals surface area contributed by atoms with Gasteiger partial charge in [-0.2, -0.15) is 0 Å². The molecule has 0 aromatic heterocycles. The summed E-state index contributed by atoms with van der Waals surface area (Å²) in [5, 5.41) is 0. The van der Waals surface area contributed by atoms with Crippen LogP contribution in [0.5, 0.6) is 0 Å². The number of hydrogen-bond donors (Lipinski definition) is 4. The Kier molecular flexibility index (Phi) is 10.7. The van der Waals surface area contributed by atoms with E-state index in [0.717, 1.165) is 57.6 Å². The van der Waals surface area contributed by atoms with Gasteiger partial charge >= 0.3 is 0 Å². The van der Waals surface area contributed by atoms with Gasteiger partial charge < -0.3 is 0 Å². The number of nitrogens with zero attached hydrogens (tertiary/aromatic N) is 2. The van der Waals surface area contributed by atoms with Crippen molar-refractivity contribution in [3.05, 3.63) is 81.1 Å². The highest BCUT2D eigenvalue weighted by Gasteiger charge is 2.42. The van der Waals surface area contributed by atoms with Crippen molar-refractivity contribution in [2.45, 2.75) is 12.8 Å². The van der Waals surface area contributed by atoms with Gasteiger partial charge in [0.15, 0.2) is 0 Å². The van der Waals surface area contributed by atoms with E-state index in [9.17, 15) is 37.5 Å². The second-order valence-electron chi connectivity index (χ2n) is 8.83. The van der Waals surface area contributed by atoms with Gasteiger partial charge in [-0.1, -0.05) is 48.0 Å². The quantitative estimate of drug-likeness (QED) is 0.185. The molecule has 2 aromatic carbocycles. The zero-order valence-electron chi connectivity index (χ0n) is 22.2. The number of thioether (sulfide) groups is 2. The molecule has 12 nitrogen and oxygen atoms in total. The fraction of sp³-hybridized carbons (Fsp3) is 0.154. The van der Waals surface area contributed by atoms with Gasteiger partial charge in [-0.3, -0.25) is 60.3 Å². The molecule has 0 spiro atoms. The first-order valence-corrected chi connectivity index (χ1v) is 14.9. The van der Waals surface area contributed by atoms with Crippen LogP contribution >= 0.6 is 48.0 Å². The van der Waals surface area contributed by atoms with E-state index in [-0.39, 0.29) is 55.5 Å². The van der Waals surface area contributed by atoms with Crippen LogP contribution in [0.3, 0.4) is 0 Å². The normalized spacial score (nSPS) is 16.3. The lowest BCUT2D eigenvalue weighted by molar-refractivity contribution is -0.126. The zero-order valence-corrected chi connectivity index (χ0v) is 25.4. The number of benzene rings is 2. The number of amides is 6. The summed E-state index contributed by atoms with van der Waals surface area (Å²) in [4.78, 5) is 77.1. The topological polar surface area (TPSA) is 157 Å². The largest absolute Gasteiger partial charge is 0.292 e. The minimum atomic E-state index is -0.668. The number of carbonyl (C=O) groups is 6. The maximum Gasteiger partial charge on any atom is 0.269 e. The summed E-state index contributed by atoms with van der Waals surface area (Å²) in [6.07, 6.45) is -0.478. The summed E-state index contributed by atoms with van der Waals surface area (Å²) >= 11 is 12.3. The van der Waals surface area contributed by atoms with E-state index in [1.807, 2.05) is 0 Å². The minimum absolute atomic E-state index is 0.0240. The van der Waals surface area contributed by atoms with E-state index in [4.69, 9.17) is 24.4 Å². The summed E-state index contributed by atoms with van der Waals surface area (Å²) in [7, 11) is 0. The van der Waals surface area contributed by atoms with E-state index in [1.54, 1.807) is 0 Å². The lowest BCUT2D eigenvalue weighted by atomic mass is 10.2. The molecule has 18 heteroatoms. The molecule has 4 N–H and O–H groups in total. The minimum Gasteiger partial charge on any atom is -0.292 e. The van der Waals surface area contributed by atoms with Gasteiger partial charge in [0.1, 0.15) is 20.3 Å². The van der Waals surface area contributed by atoms with Crippen LogP contribution in [-0.4, -0.2) is 67.0 Å². The van der Waals surface area contributed by atoms with Crippen molar-refractivity contribution in [3.8, 4) is 0 Å². The number of rotatable bonds is 8. The maximum absolute atomic E-state index is 13.1. The molecule has 4 rings (SSSR count). The molecule has 2 aromatic rings. The van der Waals surface area contributed by atoms with Gasteiger partial charge in [0.05, 0.1) is 9.81 Å². The Morgan fingerprint density at radius 3 is 1.30 bits per heavy atom. The molecule has 2 aliphatic heterocycles. The van der Waals surface area contributed by atoms with Crippen molar-refractivity contribution in [1.82, 2.24) is 31.5 Å². The van der Waals surface area contributed by atoms with Crippen LogP contribution in [0.15, 0.2) is 58.3 Å². The molecule has 6 amide bonds. The summed E-state index contributed by atoms with van der Waals surface area (Å²) in [5.74, 6) is -4.86. The molecule has 0 unspecified atom stereocenters. The van der Waals surface area contributed by atoms with Crippen molar-refractivity contribution < 1.29 is 37.5 Å².